The van der Waals surface area contributed by atoms with Crippen molar-refractivity contribution in [3.8, 4) is 0 Å². The van der Waals surface area contributed by atoms with Crippen LogP contribution in [0, 0.1) is 0 Å². The summed E-state index contributed by atoms with van der Waals surface area (Å²) < 4.78 is 5.04. The quantitative estimate of drug-likeness (QED) is 0.796. The number of aromatic nitrogens is 1. The molecule has 2 aromatic rings. The number of rotatable bonds is 6. The van der Waals surface area contributed by atoms with Gasteiger partial charge in [-0.05, 0) is 17.7 Å². The highest BCUT2D eigenvalue weighted by Gasteiger charge is 2.06. The van der Waals surface area contributed by atoms with Gasteiger partial charge in [-0.2, -0.15) is 0 Å². The number of amides is 2. The molecule has 0 spiro atoms. The number of carbonyl (C=O) groups is 2. The van der Waals surface area contributed by atoms with Gasteiger partial charge in [0.15, 0.2) is 0 Å². The van der Waals surface area contributed by atoms with E-state index in [0.717, 1.165) is 5.56 Å². The number of nitrogens with one attached hydrogen (secondary N) is 2. The van der Waals surface area contributed by atoms with Gasteiger partial charge in [-0.1, -0.05) is 36.4 Å². The first-order valence-electron chi connectivity index (χ1n) is 6.89. The van der Waals surface area contributed by atoms with Crippen molar-refractivity contribution in [3.05, 3.63) is 66.0 Å². The number of ether oxygens (including phenoxy) is 1. The Morgan fingerprint density at radius 1 is 0.955 bits per heavy atom. The van der Waals surface area contributed by atoms with E-state index in [2.05, 4.69) is 15.6 Å². The van der Waals surface area contributed by atoms with Gasteiger partial charge in [0.1, 0.15) is 12.3 Å². The third-order valence-corrected chi connectivity index (χ3v) is 2.79. The normalized spacial score (nSPS) is 9.82. The van der Waals surface area contributed by atoms with Crippen LogP contribution in [0.1, 0.15) is 16.1 Å². The van der Waals surface area contributed by atoms with Crippen LogP contribution in [0.25, 0.3) is 0 Å². The van der Waals surface area contributed by atoms with Crippen LogP contribution in [0.15, 0.2) is 54.7 Å². The van der Waals surface area contributed by atoms with Crippen molar-refractivity contribution in [2.45, 2.75) is 6.61 Å². The van der Waals surface area contributed by atoms with Gasteiger partial charge in [0.2, 0.25) is 0 Å². The van der Waals surface area contributed by atoms with Crippen LogP contribution < -0.4 is 10.6 Å². The third-order valence-electron chi connectivity index (χ3n) is 2.79. The molecule has 0 saturated carbocycles. The second-order valence-corrected chi connectivity index (χ2v) is 4.46. The summed E-state index contributed by atoms with van der Waals surface area (Å²) in [4.78, 5) is 27.1. The van der Waals surface area contributed by atoms with Crippen LogP contribution in [-0.4, -0.2) is 30.1 Å². The number of hydrogen-bond donors (Lipinski definition) is 2. The van der Waals surface area contributed by atoms with E-state index in [0.29, 0.717) is 12.2 Å². The molecule has 0 radical (unpaired) electrons. The van der Waals surface area contributed by atoms with E-state index in [1.807, 2.05) is 30.3 Å². The lowest BCUT2D eigenvalue weighted by molar-refractivity contribution is 0.0947. The Balaban J connectivity index is 1.60. The van der Waals surface area contributed by atoms with Gasteiger partial charge in [0.05, 0.1) is 0 Å². The molecule has 2 amide bonds. The first-order chi connectivity index (χ1) is 10.8. The van der Waals surface area contributed by atoms with Crippen LogP contribution in [0.5, 0.6) is 0 Å². The Labute approximate surface area is 128 Å². The molecule has 6 nitrogen and oxygen atoms in total. The molecule has 0 unspecified atom stereocenters. The number of nitrogens with zero attached hydrogens (tertiary/aromatic N) is 1. The highest BCUT2D eigenvalue weighted by Crippen LogP contribution is 2.00. The summed E-state index contributed by atoms with van der Waals surface area (Å²) in [5, 5.41) is 5.22. The predicted molar refractivity (Wildman–Crippen MR) is 81.2 cm³/mol. The van der Waals surface area contributed by atoms with Crippen molar-refractivity contribution < 1.29 is 14.3 Å². The van der Waals surface area contributed by atoms with Crippen LogP contribution in [0.4, 0.5) is 4.79 Å². The van der Waals surface area contributed by atoms with E-state index in [9.17, 15) is 9.59 Å². The van der Waals surface area contributed by atoms with E-state index in [4.69, 9.17) is 4.74 Å². The van der Waals surface area contributed by atoms with Gasteiger partial charge in [-0.25, -0.2) is 4.79 Å². The molecule has 2 rings (SSSR count). The molecule has 114 valence electrons. The maximum Gasteiger partial charge on any atom is 0.407 e. The summed E-state index contributed by atoms with van der Waals surface area (Å²) in [7, 11) is 0. The highest BCUT2D eigenvalue weighted by atomic mass is 16.5. The topological polar surface area (TPSA) is 80.3 Å². The van der Waals surface area contributed by atoms with Crippen molar-refractivity contribution in [1.82, 2.24) is 15.6 Å². The first-order valence-corrected chi connectivity index (χ1v) is 6.89. The molecule has 0 aliphatic rings. The van der Waals surface area contributed by atoms with Gasteiger partial charge in [-0.3, -0.25) is 9.78 Å². The molecular weight excluding hydrogens is 282 g/mol. The Kier molecular flexibility index (Phi) is 5.92. The van der Waals surface area contributed by atoms with Gasteiger partial charge in [0, 0.05) is 19.3 Å². The van der Waals surface area contributed by atoms with Crippen molar-refractivity contribution in [2.75, 3.05) is 13.1 Å². The van der Waals surface area contributed by atoms with E-state index in [1.165, 1.54) is 0 Å². The molecule has 22 heavy (non-hydrogen) atoms. The fraction of sp³-hybridized carbons (Fsp3) is 0.188. The third kappa shape index (κ3) is 5.24. The lowest BCUT2D eigenvalue weighted by Gasteiger charge is -2.08. The lowest BCUT2D eigenvalue weighted by atomic mass is 10.2. The summed E-state index contributed by atoms with van der Waals surface area (Å²) in [5.74, 6) is -0.278. The van der Waals surface area contributed by atoms with E-state index >= 15 is 0 Å². The molecule has 0 atom stereocenters. The summed E-state index contributed by atoms with van der Waals surface area (Å²) in [5.41, 5.74) is 1.26. The summed E-state index contributed by atoms with van der Waals surface area (Å²) >= 11 is 0. The van der Waals surface area contributed by atoms with E-state index in [-0.39, 0.29) is 19.1 Å². The molecule has 6 heteroatoms. The molecule has 0 bridgehead atoms. The fourth-order valence-electron chi connectivity index (χ4n) is 1.70. The molecule has 0 fully saturated rings. The van der Waals surface area contributed by atoms with Gasteiger partial charge >= 0.3 is 6.09 Å². The van der Waals surface area contributed by atoms with Crippen LogP contribution in [0.3, 0.4) is 0 Å². The van der Waals surface area contributed by atoms with Crippen LogP contribution >= 0.6 is 0 Å². The minimum atomic E-state index is -0.518. The Morgan fingerprint density at radius 3 is 2.41 bits per heavy atom. The number of hydrogen-bond acceptors (Lipinski definition) is 4. The first kappa shape index (κ1) is 15.5. The molecular formula is C16H17N3O3. The van der Waals surface area contributed by atoms with Crippen LogP contribution in [0.2, 0.25) is 0 Å². The molecule has 1 heterocycles. The second-order valence-electron chi connectivity index (χ2n) is 4.46. The van der Waals surface area contributed by atoms with Gasteiger partial charge in [0.25, 0.3) is 5.91 Å². The SMILES string of the molecule is O=C(NCCNC(=O)c1ccccn1)OCc1ccccc1. The maximum absolute atomic E-state index is 11.7. The number of alkyl carbamates (subject to hydrolysis) is 1. The Morgan fingerprint density at radius 2 is 1.68 bits per heavy atom. The zero-order chi connectivity index (χ0) is 15.6. The minimum absolute atomic E-state index is 0.215. The highest BCUT2D eigenvalue weighted by molar-refractivity contribution is 5.92. The minimum Gasteiger partial charge on any atom is -0.445 e. The van der Waals surface area contributed by atoms with Gasteiger partial charge in [-0.15, -0.1) is 0 Å². The zero-order valence-electron chi connectivity index (χ0n) is 12.0. The van der Waals surface area contributed by atoms with Crippen molar-refractivity contribution in [2.24, 2.45) is 0 Å². The summed E-state index contributed by atoms with van der Waals surface area (Å²) in [6.07, 6.45) is 1.03. The average Bonchev–Trinajstić information content (AvgIpc) is 2.58. The van der Waals surface area contributed by atoms with Crippen molar-refractivity contribution in [3.63, 3.8) is 0 Å². The zero-order valence-corrected chi connectivity index (χ0v) is 12.0. The summed E-state index contributed by atoms with van der Waals surface area (Å²) in [6, 6.07) is 14.5. The standard InChI is InChI=1S/C16H17N3O3/c20-15(14-8-4-5-9-17-14)18-10-11-19-16(21)22-12-13-6-2-1-3-7-13/h1-9H,10-12H2,(H,18,20)(H,19,21). The molecule has 1 aromatic carbocycles. The molecule has 0 aliphatic carbocycles. The van der Waals surface area contributed by atoms with Crippen LogP contribution in [-0.2, 0) is 11.3 Å². The van der Waals surface area contributed by atoms with E-state index < -0.39 is 6.09 Å². The van der Waals surface area contributed by atoms with Crippen molar-refractivity contribution in [1.29, 1.82) is 0 Å². The Bertz CT molecular complexity index is 603. The van der Waals surface area contributed by atoms with Gasteiger partial charge < -0.3 is 15.4 Å². The lowest BCUT2D eigenvalue weighted by Crippen LogP contribution is -2.35. The Hall–Kier alpha value is -2.89. The van der Waals surface area contributed by atoms with E-state index in [1.54, 1.807) is 24.4 Å². The average molecular weight is 299 g/mol. The largest absolute Gasteiger partial charge is 0.445 e. The number of carbonyl (C=O) groups excluding carboxylic acids is 2. The summed E-state index contributed by atoms with van der Waals surface area (Å²) in [6.45, 7) is 0.801. The number of benzene rings is 1. The smallest absolute Gasteiger partial charge is 0.407 e. The fourth-order valence-corrected chi connectivity index (χ4v) is 1.70. The monoisotopic (exact) mass is 299 g/mol. The molecule has 0 saturated heterocycles. The maximum atomic E-state index is 11.7. The molecule has 0 aliphatic heterocycles. The van der Waals surface area contributed by atoms with Crippen molar-refractivity contribution >= 4 is 12.0 Å². The predicted octanol–water partition coefficient (Wildman–Crippen LogP) is 1.74. The molecule has 2 N–H and O–H groups in total. The second kappa shape index (κ2) is 8.41. The molecule has 1 aromatic heterocycles. The number of pyridine rings is 1.